The highest BCUT2D eigenvalue weighted by Crippen LogP contribution is 2.14. The molecule has 0 fully saturated rings. The Labute approximate surface area is 225 Å². The monoisotopic (exact) mass is 494 g/mol. The molecule has 0 bridgehead atoms. The number of unbranched alkanes of at least 4 members (excludes halogenated alkanes) is 22. The van der Waals surface area contributed by atoms with Crippen molar-refractivity contribution in [3.63, 3.8) is 0 Å². The molecule has 0 aromatic rings. The molecule has 0 aromatic carbocycles. The average Bonchev–Trinajstić information content (AvgIpc) is 2.85. The summed E-state index contributed by atoms with van der Waals surface area (Å²) in [7, 11) is 0. The molecule has 1 heteroatoms. The minimum Gasteiger partial charge on any atom is -0.303 e. The molecule has 0 amide bonds. The van der Waals surface area contributed by atoms with Gasteiger partial charge in [0.2, 0.25) is 0 Å². The van der Waals surface area contributed by atoms with Crippen LogP contribution in [0.3, 0.4) is 0 Å². The van der Waals surface area contributed by atoms with Gasteiger partial charge in [-0.05, 0) is 44.8 Å². The number of hydrogen-bond acceptors (Lipinski definition) is 1. The van der Waals surface area contributed by atoms with E-state index in [1.807, 2.05) is 0 Å². The topological polar surface area (TPSA) is 3.24 Å². The zero-order valence-corrected chi connectivity index (χ0v) is 25.5. The maximum absolute atomic E-state index is 2.84. The quantitative estimate of drug-likeness (QED) is 0.0899. The SMILES string of the molecule is CCCCCCCCCCCCN(CCCCCCCCCCCC)CCCCCCCC(C)C. The third kappa shape index (κ3) is 30.1. The largest absolute Gasteiger partial charge is 0.303 e. The van der Waals surface area contributed by atoms with E-state index in [0.717, 1.165) is 5.92 Å². The van der Waals surface area contributed by atoms with Crippen LogP contribution in [0, 0.1) is 5.92 Å². The van der Waals surface area contributed by atoms with E-state index in [2.05, 4.69) is 32.6 Å². The van der Waals surface area contributed by atoms with Crippen LogP contribution >= 0.6 is 0 Å². The fourth-order valence-corrected chi connectivity index (χ4v) is 5.40. The molecule has 0 saturated heterocycles. The molecule has 0 aliphatic carbocycles. The highest BCUT2D eigenvalue weighted by Gasteiger charge is 2.05. The van der Waals surface area contributed by atoms with E-state index in [1.54, 1.807) is 0 Å². The van der Waals surface area contributed by atoms with Crippen LogP contribution in [0.15, 0.2) is 0 Å². The van der Waals surface area contributed by atoms with E-state index in [4.69, 9.17) is 0 Å². The molecule has 0 aliphatic heterocycles. The molecular weight excluding hydrogens is 422 g/mol. The number of rotatable bonds is 30. The number of hydrogen-bond donors (Lipinski definition) is 0. The third-order valence-corrected chi connectivity index (χ3v) is 7.91. The van der Waals surface area contributed by atoms with Crippen molar-refractivity contribution in [3.05, 3.63) is 0 Å². The minimum absolute atomic E-state index is 0.882. The molecule has 35 heavy (non-hydrogen) atoms. The molecule has 0 rings (SSSR count). The van der Waals surface area contributed by atoms with E-state index in [9.17, 15) is 0 Å². The molecule has 0 unspecified atom stereocenters. The van der Waals surface area contributed by atoms with Gasteiger partial charge in [-0.15, -0.1) is 0 Å². The molecule has 0 spiro atoms. The van der Waals surface area contributed by atoms with Crippen LogP contribution in [-0.2, 0) is 0 Å². The Kier molecular flexibility index (Phi) is 30.2. The maximum Gasteiger partial charge on any atom is -0.00187 e. The lowest BCUT2D eigenvalue weighted by atomic mass is 10.0. The van der Waals surface area contributed by atoms with Gasteiger partial charge in [0, 0.05) is 0 Å². The molecule has 0 heterocycles. The fraction of sp³-hybridized carbons (Fsp3) is 1.00. The van der Waals surface area contributed by atoms with E-state index in [-0.39, 0.29) is 0 Å². The van der Waals surface area contributed by atoms with E-state index in [0.29, 0.717) is 0 Å². The van der Waals surface area contributed by atoms with Gasteiger partial charge < -0.3 is 4.90 Å². The first kappa shape index (κ1) is 35.0. The Hall–Kier alpha value is -0.0400. The van der Waals surface area contributed by atoms with Crippen LogP contribution in [0.1, 0.15) is 195 Å². The van der Waals surface area contributed by atoms with E-state index in [1.165, 1.54) is 187 Å². The van der Waals surface area contributed by atoms with Crippen molar-refractivity contribution < 1.29 is 0 Å². The van der Waals surface area contributed by atoms with Crippen molar-refractivity contribution >= 4 is 0 Å². The summed E-state index contributed by atoms with van der Waals surface area (Å²) >= 11 is 0. The molecule has 0 atom stereocenters. The average molecular weight is 494 g/mol. The highest BCUT2D eigenvalue weighted by molar-refractivity contribution is 4.61. The predicted octanol–water partition coefficient (Wildman–Crippen LogP) is 12.1. The minimum atomic E-state index is 0.882. The third-order valence-electron chi connectivity index (χ3n) is 7.91. The summed E-state index contributed by atoms with van der Waals surface area (Å²) in [6.07, 6.45) is 37.7. The molecule has 1 nitrogen and oxygen atoms in total. The Bertz CT molecular complexity index is 340. The summed E-state index contributed by atoms with van der Waals surface area (Å²) in [5.74, 6) is 0.882. The van der Waals surface area contributed by atoms with Gasteiger partial charge in [0.05, 0.1) is 0 Å². The van der Waals surface area contributed by atoms with Crippen molar-refractivity contribution in [1.29, 1.82) is 0 Å². The van der Waals surface area contributed by atoms with Crippen molar-refractivity contribution in [2.75, 3.05) is 19.6 Å². The summed E-state index contributed by atoms with van der Waals surface area (Å²) in [4.78, 5) is 2.84. The molecular formula is C34H71N. The number of nitrogens with zero attached hydrogens (tertiary/aromatic N) is 1. The smallest absolute Gasteiger partial charge is 0.00187 e. The normalized spacial score (nSPS) is 11.8. The van der Waals surface area contributed by atoms with Crippen molar-refractivity contribution in [2.24, 2.45) is 5.92 Å². The van der Waals surface area contributed by atoms with Gasteiger partial charge in [-0.1, -0.05) is 175 Å². The predicted molar refractivity (Wildman–Crippen MR) is 163 cm³/mol. The second kappa shape index (κ2) is 30.2. The van der Waals surface area contributed by atoms with Gasteiger partial charge in [0.25, 0.3) is 0 Å². The first-order valence-electron chi connectivity index (χ1n) is 16.9. The lowest BCUT2D eigenvalue weighted by molar-refractivity contribution is 0.254. The summed E-state index contributed by atoms with van der Waals surface area (Å²) in [5, 5.41) is 0. The lowest BCUT2D eigenvalue weighted by Crippen LogP contribution is -2.27. The second-order valence-corrected chi connectivity index (χ2v) is 12.2. The zero-order chi connectivity index (χ0) is 25.7. The van der Waals surface area contributed by atoms with Crippen LogP contribution in [0.5, 0.6) is 0 Å². The van der Waals surface area contributed by atoms with Crippen LogP contribution in [-0.4, -0.2) is 24.5 Å². The van der Waals surface area contributed by atoms with Crippen molar-refractivity contribution in [1.82, 2.24) is 4.90 Å². The zero-order valence-electron chi connectivity index (χ0n) is 25.5. The Morgan fingerprint density at radius 2 is 0.600 bits per heavy atom. The van der Waals surface area contributed by atoms with Gasteiger partial charge in [0.15, 0.2) is 0 Å². The van der Waals surface area contributed by atoms with Crippen LogP contribution < -0.4 is 0 Å². The van der Waals surface area contributed by atoms with Crippen LogP contribution in [0.2, 0.25) is 0 Å². The standard InChI is InChI=1S/C34H71N/c1-5-7-9-11-13-15-17-19-23-27-31-35(33-29-25-21-22-26-30-34(3)4)32-28-24-20-18-16-14-12-10-8-6-2/h34H,5-33H2,1-4H3. The summed E-state index contributed by atoms with van der Waals surface area (Å²) in [6, 6.07) is 0. The van der Waals surface area contributed by atoms with Gasteiger partial charge in [-0.3, -0.25) is 0 Å². The van der Waals surface area contributed by atoms with Crippen LogP contribution in [0.25, 0.3) is 0 Å². The van der Waals surface area contributed by atoms with Crippen molar-refractivity contribution in [2.45, 2.75) is 195 Å². The fourth-order valence-electron chi connectivity index (χ4n) is 5.40. The maximum atomic E-state index is 2.84. The van der Waals surface area contributed by atoms with Crippen LogP contribution in [0.4, 0.5) is 0 Å². The summed E-state index contributed by atoms with van der Waals surface area (Å²) < 4.78 is 0. The Morgan fingerprint density at radius 1 is 0.343 bits per heavy atom. The highest BCUT2D eigenvalue weighted by atomic mass is 15.1. The van der Waals surface area contributed by atoms with Crippen molar-refractivity contribution in [3.8, 4) is 0 Å². The summed E-state index contributed by atoms with van der Waals surface area (Å²) in [6.45, 7) is 13.4. The first-order chi connectivity index (χ1) is 17.2. The molecule has 0 aliphatic rings. The van der Waals surface area contributed by atoms with Gasteiger partial charge >= 0.3 is 0 Å². The lowest BCUT2D eigenvalue weighted by Gasteiger charge is -2.22. The molecule has 0 aromatic heterocycles. The van der Waals surface area contributed by atoms with E-state index < -0.39 is 0 Å². The second-order valence-electron chi connectivity index (χ2n) is 12.2. The van der Waals surface area contributed by atoms with Gasteiger partial charge in [-0.2, -0.15) is 0 Å². The van der Waals surface area contributed by atoms with Gasteiger partial charge in [-0.25, -0.2) is 0 Å². The molecule has 0 saturated carbocycles. The first-order valence-corrected chi connectivity index (χ1v) is 16.9. The molecule has 0 N–H and O–H groups in total. The Morgan fingerprint density at radius 3 is 0.886 bits per heavy atom. The molecule has 0 radical (unpaired) electrons. The summed E-state index contributed by atoms with van der Waals surface area (Å²) in [5.41, 5.74) is 0. The van der Waals surface area contributed by atoms with E-state index >= 15 is 0 Å². The van der Waals surface area contributed by atoms with Gasteiger partial charge in [0.1, 0.15) is 0 Å². The molecule has 212 valence electrons. The Balaban J connectivity index is 3.86.